The first-order valence-electron chi connectivity index (χ1n) is 8.20. The van der Waals surface area contributed by atoms with Gasteiger partial charge in [-0.05, 0) is 34.1 Å². The molecule has 138 valence electrons. The van der Waals surface area contributed by atoms with Crippen molar-refractivity contribution in [1.29, 1.82) is 0 Å². The van der Waals surface area contributed by atoms with E-state index in [2.05, 4.69) is 12.2 Å². The van der Waals surface area contributed by atoms with Gasteiger partial charge in [0.25, 0.3) is 0 Å². The molecule has 0 bridgehead atoms. The summed E-state index contributed by atoms with van der Waals surface area (Å²) in [5, 5.41) is 11.4. The summed E-state index contributed by atoms with van der Waals surface area (Å²) in [7, 11) is 0. The zero-order chi connectivity index (χ0) is 18.9. The molecular formula is C17H30N2O5. The van der Waals surface area contributed by atoms with Crippen LogP contribution in [-0.4, -0.2) is 34.6 Å². The molecule has 0 aliphatic heterocycles. The standard InChI is InChI=1S/C17H30N2O5/c1-6-7-8-9-12(18)10-13(20)11(2)14(15(21)22)19-16(23)24-17(3,4)5/h12H,6-10,18H2,1-5H3,(H,19,23)(H,21,22)/t12-/m0/s1. The molecule has 4 N–H and O–H groups in total. The molecule has 0 rings (SSSR count). The van der Waals surface area contributed by atoms with Crippen LogP contribution in [-0.2, 0) is 14.3 Å². The number of carbonyl (C=O) groups excluding carboxylic acids is 2. The Morgan fingerprint density at radius 1 is 1.21 bits per heavy atom. The molecule has 24 heavy (non-hydrogen) atoms. The first kappa shape index (κ1) is 22.1. The topological polar surface area (TPSA) is 119 Å². The highest BCUT2D eigenvalue weighted by Crippen LogP contribution is 2.12. The fourth-order valence-electron chi connectivity index (χ4n) is 2.00. The number of alkyl carbamates (subject to hydrolysis) is 1. The van der Waals surface area contributed by atoms with Crippen molar-refractivity contribution in [3.8, 4) is 0 Å². The van der Waals surface area contributed by atoms with Gasteiger partial charge in [-0.15, -0.1) is 0 Å². The molecule has 0 radical (unpaired) electrons. The lowest BCUT2D eigenvalue weighted by atomic mass is 9.99. The molecule has 1 amide bonds. The summed E-state index contributed by atoms with van der Waals surface area (Å²) in [4.78, 5) is 35.3. The number of hydrogen-bond acceptors (Lipinski definition) is 5. The van der Waals surface area contributed by atoms with Gasteiger partial charge in [0, 0.05) is 18.0 Å². The zero-order valence-electron chi connectivity index (χ0n) is 15.3. The molecule has 0 unspecified atom stereocenters. The third kappa shape index (κ3) is 9.29. The van der Waals surface area contributed by atoms with Gasteiger partial charge >= 0.3 is 12.1 Å². The average Bonchev–Trinajstić information content (AvgIpc) is 2.42. The maximum atomic E-state index is 12.2. The Bertz CT molecular complexity index is 492. The smallest absolute Gasteiger partial charge is 0.412 e. The second-order valence-electron chi connectivity index (χ2n) is 6.82. The summed E-state index contributed by atoms with van der Waals surface area (Å²) in [6.07, 6.45) is 2.85. The maximum absolute atomic E-state index is 12.2. The Balaban J connectivity index is 4.94. The molecule has 0 aliphatic rings. The number of ether oxygens (including phenoxy) is 1. The largest absolute Gasteiger partial charge is 0.477 e. The number of unbranched alkanes of at least 4 members (excludes halogenated alkanes) is 2. The quantitative estimate of drug-likeness (QED) is 0.438. The number of carboxylic acid groups (broad SMARTS) is 1. The third-order valence-electron chi connectivity index (χ3n) is 3.26. The Labute approximate surface area is 143 Å². The first-order chi connectivity index (χ1) is 11.0. The van der Waals surface area contributed by atoms with Crippen LogP contribution in [0.4, 0.5) is 4.79 Å². The molecule has 7 heteroatoms. The molecule has 0 aromatic rings. The van der Waals surface area contributed by atoms with E-state index in [1.54, 1.807) is 20.8 Å². The monoisotopic (exact) mass is 342 g/mol. The van der Waals surface area contributed by atoms with Gasteiger partial charge in [0.1, 0.15) is 11.3 Å². The van der Waals surface area contributed by atoms with Gasteiger partial charge in [0.2, 0.25) is 0 Å². The van der Waals surface area contributed by atoms with Crippen molar-refractivity contribution in [2.45, 2.75) is 78.4 Å². The summed E-state index contributed by atoms with van der Waals surface area (Å²) in [5.74, 6) is -1.79. The van der Waals surface area contributed by atoms with Crippen LogP contribution >= 0.6 is 0 Å². The van der Waals surface area contributed by atoms with Crippen LogP contribution in [0.2, 0.25) is 0 Å². The number of rotatable bonds is 9. The molecule has 0 aromatic carbocycles. The number of allylic oxidation sites excluding steroid dienone is 1. The first-order valence-corrected chi connectivity index (χ1v) is 8.20. The SMILES string of the molecule is CCCCC[C@H](N)CC(=O)C(C)=C(NC(=O)OC(C)(C)C)C(=O)O. The van der Waals surface area contributed by atoms with Crippen molar-refractivity contribution < 1.29 is 24.2 Å². The van der Waals surface area contributed by atoms with Gasteiger partial charge in [0.15, 0.2) is 5.78 Å². The normalized spacial score (nSPS) is 13.8. The minimum atomic E-state index is -1.40. The fourth-order valence-corrected chi connectivity index (χ4v) is 2.00. The van der Waals surface area contributed by atoms with Crippen molar-refractivity contribution in [2.24, 2.45) is 5.73 Å². The summed E-state index contributed by atoms with van der Waals surface area (Å²) in [5.41, 5.74) is 4.62. The second kappa shape index (κ2) is 10.1. The van der Waals surface area contributed by atoms with E-state index in [1.807, 2.05) is 0 Å². The zero-order valence-corrected chi connectivity index (χ0v) is 15.3. The minimum absolute atomic E-state index is 0.0423. The lowest BCUT2D eigenvalue weighted by Gasteiger charge is -2.20. The number of carboxylic acids is 1. The Morgan fingerprint density at radius 3 is 2.25 bits per heavy atom. The van der Waals surface area contributed by atoms with Crippen LogP contribution in [0.25, 0.3) is 0 Å². The van der Waals surface area contributed by atoms with Crippen molar-refractivity contribution in [3.63, 3.8) is 0 Å². The fraction of sp³-hybridized carbons (Fsp3) is 0.706. The van der Waals surface area contributed by atoms with Crippen LogP contribution in [0.5, 0.6) is 0 Å². The highest BCUT2D eigenvalue weighted by atomic mass is 16.6. The van der Waals surface area contributed by atoms with E-state index in [1.165, 1.54) is 6.92 Å². The number of Topliss-reactive ketones (excluding diaryl/α,β-unsaturated/α-hetero) is 1. The highest BCUT2D eigenvalue weighted by molar-refractivity contribution is 6.04. The van der Waals surface area contributed by atoms with E-state index >= 15 is 0 Å². The Kier molecular flexibility index (Phi) is 9.28. The van der Waals surface area contributed by atoms with Gasteiger partial charge in [0.05, 0.1) is 0 Å². The van der Waals surface area contributed by atoms with Crippen LogP contribution in [0, 0.1) is 0 Å². The summed E-state index contributed by atoms with van der Waals surface area (Å²) in [6.45, 7) is 8.41. The summed E-state index contributed by atoms with van der Waals surface area (Å²) >= 11 is 0. The van der Waals surface area contributed by atoms with E-state index < -0.39 is 29.1 Å². The number of hydrogen-bond donors (Lipinski definition) is 3. The van der Waals surface area contributed by atoms with Gasteiger partial charge < -0.3 is 15.6 Å². The molecule has 1 atom stereocenters. The van der Waals surface area contributed by atoms with Crippen molar-refractivity contribution >= 4 is 17.8 Å². The molecule has 0 fully saturated rings. The molecule has 0 aliphatic carbocycles. The highest BCUT2D eigenvalue weighted by Gasteiger charge is 2.23. The number of carbonyl (C=O) groups is 3. The summed E-state index contributed by atoms with van der Waals surface area (Å²) < 4.78 is 5.01. The summed E-state index contributed by atoms with van der Waals surface area (Å²) in [6, 6.07) is -0.324. The molecule has 0 spiro atoms. The van der Waals surface area contributed by atoms with Gasteiger partial charge in [-0.1, -0.05) is 26.2 Å². The lowest BCUT2D eigenvalue weighted by Crippen LogP contribution is -2.35. The minimum Gasteiger partial charge on any atom is -0.477 e. The van der Waals surface area contributed by atoms with Crippen LogP contribution in [0.15, 0.2) is 11.3 Å². The van der Waals surface area contributed by atoms with Crippen LogP contribution in [0.1, 0.15) is 66.7 Å². The molecule has 0 saturated heterocycles. The Hall–Kier alpha value is -1.89. The van der Waals surface area contributed by atoms with Crippen LogP contribution in [0.3, 0.4) is 0 Å². The van der Waals surface area contributed by atoms with E-state index in [0.717, 1.165) is 19.3 Å². The number of aliphatic carboxylic acids is 1. The number of ketones is 1. The average molecular weight is 342 g/mol. The molecule has 7 nitrogen and oxygen atoms in total. The second-order valence-corrected chi connectivity index (χ2v) is 6.82. The molecule has 0 aromatic heterocycles. The van der Waals surface area contributed by atoms with Gasteiger partial charge in [-0.2, -0.15) is 0 Å². The van der Waals surface area contributed by atoms with Crippen molar-refractivity contribution in [1.82, 2.24) is 5.32 Å². The third-order valence-corrected chi connectivity index (χ3v) is 3.26. The van der Waals surface area contributed by atoms with Crippen molar-refractivity contribution in [2.75, 3.05) is 0 Å². The lowest BCUT2D eigenvalue weighted by molar-refractivity contribution is -0.133. The van der Waals surface area contributed by atoms with Crippen molar-refractivity contribution in [3.05, 3.63) is 11.3 Å². The molecule has 0 saturated carbocycles. The van der Waals surface area contributed by atoms with Gasteiger partial charge in [-0.3, -0.25) is 10.1 Å². The van der Waals surface area contributed by atoms with Gasteiger partial charge in [-0.25, -0.2) is 9.59 Å². The molecular weight excluding hydrogens is 312 g/mol. The number of nitrogens with two attached hydrogens (primary N) is 1. The predicted octanol–water partition coefficient (Wildman–Crippen LogP) is 2.74. The van der Waals surface area contributed by atoms with E-state index in [-0.39, 0.29) is 18.0 Å². The van der Waals surface area contributed by atoms with E-state index in [9.17, 15) is 19.5 Å². The van der Waals surface area contributed by atoms with E-state index in [4.69, 9.17) is 10.5 Å². The maximum Gasteiger partial charge on any atom is 0.412 e. The van der Waals surface area contributed by atoms with Crippen LogP contribution < -0.4 is 11.1 Å². The molecule has 0 heterocycles. The predicted molar refractivity (Wildman–Crippen MR) is 91.4 cm³/mol. The number of nitrogens with one attached hydrogen (secondary N) is 1. The van der Waals surface area contributed by atoms with E-state index in [0.29, 0.717) is 6.42 Å². The number of amides is 1. The Morgan fingerprint density at radius 2 is 1.79 bits per heavy atom.